The van der Waals surface area contributed by atoms with Crippen LogP contribution in [0.1, 0.15) is 63.2 Å². The molecule has 7 nitrogen and oxygen atoms in total. The fourth-order valence-electron chi connectivity index (χ4n) is 4.78. The minimum atomic E-state index is -0.262. The minimum Gasteiger partial charge on any atom is -0.493 e. The van der Waals surface area contributed by atoms with E-state index in [0.29, 0.717) is 30.6 Å². The fraction of sp³-hybridized carbons (Fsp3) is 0.600. The predicted octanol–water partition coefficient (Wildman–Crippen LogP) is 4.48. The lowest BCUT2D eigenvalue weighted by Crippen LogP contribution is -2.22. The van der Waals surface area contributed by atoms with Gasteiger partial charge >= 0.3 is 0 Å². The second-order valence-electron chi connectivity index (χ2n) is 8.84. The van der Waals surface area contributed by atoms with Crippen LogP contribution in [0.4, 0.5) is 5.82 Å². The quantitative estimate of drug-likeness (QED) is 0.407. The maximum Gasteiger partial charge on any atom is 0.293 e. The van der Waals surface area contributed by atoms with E-state index < -0.39 is 0 Å². The number of hydrogen-bond donors (Lipinski definition) is 1. The molecule has 2 aromatic rings. The number of anilines is 1. The SMILES string of the molecule is CC[C@H](C)Nc1nc2cc(OCCCN3CCCC3)c(OC)cc2c2c1CCC2OC=O. The summed E-state index contributed by atoms with van der Waals surface area (Å²) in [6, 6.07) is 4.24. The Balaban J connectivity index is 1.64. The zero-order valence-corrected chi connectivity index (χ0v) is 19.5. The number of benzene rings is 1. The van der Waals surface area contributed by atoms with E-state index in [-0.39, 0.29) is 6.10 Å². The first-order valence-electron chi connectivity index (χ1n) is 11.9. The van der Waals surface area contributed by atoms with Crippen molar-refractivity contribution in [1.29, 1.82) is 0 Å². The van der Waals surface area contributed by atoms with E-state index in [1.54, 1.807) is 7.11 Å². The molecule has 4 rings (SSSR count). The van der Waals surface area contributed by atoms with Crippen LogP contribution in [-0.2, 0) is 16.0 Å². The van der Waals surface area contributed by atoms with Crippen LogP contribution in [0.15, 0.2) is 12.1 Å². The van der Waals surface area contributed by atoms with Crippen LogP contribution in [0.3, 0.4) is 0 Å². The topological polar surface area (TPSA) is 72.9 Å². The minimum absolute atomic E-state index is 0.262. The molecule has 0 saturated carbocycles. The van der Waals surface area contributed by atoms with Crippen molar-refractivity contribution >= 4 is 23.2 Å². The molecular weight excluding hydrogens is 406 g/mol. The van der Waals surface area contributed by atoms with Crippen LogP contribution in [0, 0.1) is 0 Å². The Labute approximate surface area is 190 Å². The highest BCUT2D eigenvalue weighted by Gasteiger charge is 2.30. The Morgan fingerprint density at radius 2 is 2.09 bits per heavy atom. The fourth-order valence-corrected chi connectivity index (χ4v) is 4.78. The summed E-state index contributed by atoms with van der Waals surface area (Å²) in [5.41, 5.74) is 2.99. The van der Waals surface area contributed by atoms with E-state index in [9.17, 15) is 4.79 Å². The number of pyridine rings is 1. The van der Waals surface area contributed by atoms with Crippen molar-refractivity contribution in [3.05, 3.63) is 23.3 Å². The molecule has 0 bridgehead atoms. The summed E-state index contributed by atoms with van der Waals surface area (Å²) in [6.07, 6.45) is 5.91. The Hall–Kier alpha value is -2.54. The van der Waals surface area contributed by atoms with E-state index in [1.807, 2.05) is 12.1 Å². The van der Waals surface area contributed by atoms with Gasteiger partial charge in [0.1, 0.15) is 11.9 Å². The van der Waals surface area contributed by atoms with Crippen LogP contribution >= 0.6 is 0 Å². The average Bonchev–Trinajstić information content (AvgIpc) is 3.47. The van der Waals surface area contributed by atoms with Crippen LogP contribution in [0.25, 0.3) is 10.9 Å². The maximum absolute atomic E-state index is 11.1. The predicted molar refractivity (Wildman–Crippen MR) is 126 cm³/mol. The molecule has 1 fully saturated rings. The van der Waals surface area contributed by atoms with Crippen LogP contribution in [-0.4, -0.2) is 55.7 Å². The Bertz CT molecular complexity index is 943. The number of carbonyl (C=O) groups is 1. The molecule has 1 unspecified atom stereocenters. The lowest BCUT2D eigenvalue weighted by atomic mass is 10.0. The number of nitrogens with one attached hydrogen (secondary N) is 1. The molecule has 174 valence electrons. The number of carbonyl (C=O) groups excluding carboxylic acids is 1. The van der Waals surface area contributed by atoms with Crippen LogP contribution in [0.5, 0.6) is 11.5 Å². The molecule has 1 aromatic carbocycles. The van der Waals surface area contributed by atoms with Gasteiger partial charge in [-0.3, -0.25) is 4.79 Å². The zero-order valence-electron chi connectivity index (χ0n) is 19.5. The van der Waals surface area contributed by atoms with E-state index in [4.69, 9.17) is 19.2 Å². The second kappa shape index (κ2) is 10.4. The van der Waals surface area contributed by atoms with Gasteiger partial charge in [-0.1, -0.05) is 6.92 Å². The Morgan fingerprint density at radius 1 is 1.28 bits per heavy atom. The molecule has 1 aromatic heterocycles. The molecular formula is C25H35N3O4. The molecule has 0 spiro atoms. The van der Waals surface area contributed by atoms with Crippen molar-refractivity contribution in [3.63, 3.8) is 0 Å². The van der Waals surface area contributed by atoms with Crippen molar-refractivity contribution in [2.45, 2.75) is 64.5 Å². The number of methoxy groups -OCH3 is 1. The molecule has 1 saturated heterocycles. The van der Waals surface area contributed by atoms with Crippen molar-refractivity contribution in [2.24, 2.45) is 0 Å². The van der Waals surface area contributed by atoms with Gasteiger partial charge in [-0.2, -0.15) is 0 Å². The first-order valence-corrected chi connectivity index (χ1v) is 11.9. The molecule has 2 heterocycles. The summed E-state index contributed by atoms with van der Waals surface area (Å²) in [5, 5.41) is 4.50. The van der Waals surface area contributed by atoms with Gasteiger partial charge in [0, 0.05) is 35.2 Å². The third kappa shape index (κ3) is 4.77. The van der Waals surface area contributed by atoms with Crippen LogP contribution < -0.4 is 14.8 Å². The van der Waals surface area contributed by atoms with E-state index in [0.717, 1.165) is 60.1 Å². The van der Waals surface area contributed by atoms with E-state index in [1.165, 1.54) is 25.9 Å². The number of rotatable bonds is 11. The smallest absolute Gasteiger partial charge is 0.293 e. The summed E-state index contributed by atoms with van der Waals surface area (Å²) >= 11 is 0. The number of likely N-dealkylation sites (tertiary alicyclic amines) is 1. The largest absolute Gasteiger partial charge is 0.493 e. The van der Waals surface area contributed by atoms with Crippen molar-refractivity contribution in [1.82, 2.24) is 9.88 Å². The molecule has 2 aliphatic rings. The summed E-state index contributed by atoms with van der Waals surface area (Å²) < 4.78 is 17.2. The van der Waals surface area contributed by atoms with Crippen molar-refractivity contribution in [3.8, 4) is 11.5 Å². The van der Waals surface area contributed by atoms with Crippen molar-refractivity contribution in [2.75, 3.05) is 38.7 Å². The first kappa shape index (κ1) is 22.6. The van der Waals surface area contributed by atoms with Crippen molar-refractivity contribution < 1.29 is 19.0 Å². The van der Waals surface area contributed by atoms with Gasteiger partial charge < -0.3 is 24.4 Å². The van der Waals surface area contributed by atoms with Gasteiger partial charge in [0.15, 0.2) is 11.5 Å². The maximum atomic E-state index is 11.1. The van der Waals surface area contributed by atoms with Gasteiger partial charge in [-0.15, -0.1) is 0 Å². The summed E-state index contributed by atoms with van der Waals surface area (Å²) in [4.78, 5) is 18.6. The molecule has 1 aliphatic heterocycles. The number of fused-ring (bicyclic) bond motifs is 3. The highest BCUT2D eigenvalue weighted by Crippen LogP contribution is 2.44. The standard InChI is InChI=1S/C25H35N3O4/c1-4-17(2)26-25-18-8-9-21(32-16-29)24(18)19-14-22(30-3)23(15-20(19)27-25)31-13-7-12-28-10-5-6-11-28/h14-17,21H,4-13H2,1-3H3,(H,26,27)/t17-,21?/m0/s1. The Morgan fingerprint density at radius 3 is 2.81 bits per heavy atom. The summed E-state index contributed by atoms with van der Waals surface area (Å²) in [7, 11) is 1.66. The zero-order chi connectivity index (χ0) is 22.5. The molecule has 1 N–H and O–H groups in total. The van der Waals surface area contributed by atoms with Gasteiger partial charge in [0.25, 0.3) is 6.47 Å². The lowest BCUT2D eigenvalue weighted by Gasteiger charge is -2.20. The average molecular weight is 442 g/mol. The van der Waals surface area contributed by atoms with E-state index in [2.05, 4.69) is 24.1 Å². The van der Waals surface area contributed by atoms with E-state index >= 15 is 0 Å². The van der Waals surface area contributed by atoms with Gasteiger partial charge in [-0.05, 0) is 64.6 Å². The highest BCUT2D eigenvalue weighted by atomic mass is 16.5. The normalized spacial score (nSPS) is 19.0. The number of aromatic nitrogens is 1. The van der Waals surface area contributed by atoms with Gasteiger partial charge in [0.2, 0.25) is 0 Å². The summed E-state index contributed by atoms with van der Waals surface area (Å²) in [6.45, 7) is 8.94. The lowest BCUT2D eigenvalue weighted by molar-refractivity contribution is -0.133. The molecule has 2 atom stereocenters. The number of nitrogens with zero attached hydrogens (tertiary/aromatic N) is 2. The van der Waals surface area contributed by atoms with Gasteiger partial charge in [0.05, 0.1) is 19.2 Å². The van der Waals surface area contributed by atoms with Crippen LogP contribution in [0.2, 0.25) is 0 Å². The number of hydrogen-bond acceptors (Lipinski definition) is 7. The molecule has 1 aliphatic carbocycles. The monoisotopic (exact) mass is 441 g/mol. The molecule has 32 heavy (non-hydrogen) atoms. The molecule has 0 amide bonds. The molecule has 7 heteroatoms. The summed E-state index contributed by atoms with van der Waals surface area (Å²) in [5.74, 6) is 2.26. The first-order chi connectivity index (χ1) is 15.6. The Kier molecular flexibility index (Phi) is 7.35. The third-order valence-electron chi connectivity index (χ3n) is 6.68. The third-order valence-corrected chi connectivity index (χ3v) is 6.68. The highest BCUT2D eigenvalue weighted by molar-refractivity contribution is 5.90. The molecule has 0 radical (unpaired) electrons. The number of ether oxygens (including phenoxy) is 3. The second-order valence-corrected chi connectivity index (χ2v) is 8.84. The van der Waals surface area contributed by atoms with Gasteiger partial charge in [-0.25, -0.2) is 4.98 Å².